The normalized spacial score (nSPS) is 10.4. The molecule has 72 valence electrons. The van der Waals surface area contributed by atoms with Gasteiger partial charge in [0.25, 0.3) is 0 Å². The van der Waals surface area contributed by atoms with Crippen LogP contribution in [0.25, 0.3) is 11.0 Å². The number of nitrogens with one attached hydrogen (secondary N) is 1. The van der Waals surface area contributed by atoms with Gasteiger partial charge >= 0.3 is 0 Å². The summed E-state index contributed by atoms with van der Waals surface area (Å²) >= 11 is 0. The molecule has 0 unspecified atom stereocenters. The Morgan fingerprint density at radius 2 is 2.43 bits per heavy atom. The van der Waals surface area contributed by atoms with Crippen molar-refractivity contribution in [2.45, 2.75) is 6.92 Å². The van der Waals surface area contributed by atoms with Crippen molar-refractivity contribution >= 4 is 11.0 Å². The van der Waals surface area contributed by atoms with Gasteiger partial charge in [-0.2, -0.15) is 4.98 Å². The smallest absolute Gasteiger partial charge is 0.241 e. The van der Waals surface area contributed by atoms with Gasteiger partial charge in [0, 0.05) is 5.69 Å². The maximum atomic E-state index is 5.38. The molecule has 14 heavy (non-hydrogen) atoms. The van der Waals surface area contributed by atoms with Crippen LogP contribution in [0.1, 0.15) is 5.69 Å². The molecule has 0 atom stereocenters. The highest BCUT2D eigenvalue weighted by atomic mass is 16.5. The number of hydrogen-bond donors (Lipinski definition) is 1. The highest BCUT2D eigenvalue weighted by Crippen LogP contribution is 2.20. The van der Waals surface area contributed by atoms with Crippen LogP contribution in [0.4, 0.5) is 0 Å². The average Bonchev–Trinajstić information content (AvgIpc) is 2.55. The zero-order valence-corrected chi connectivity index (χ0v) is 7.95. The molecule has 4 heteroatoms. The Kier molecular flexibility index (Phi) is 2.18. The van der Waals surface area contributed by atoms with Gasteiger partial charge in [-0.3, -0.25) is 0 Å². The molecule has 0 aliphatic carbocycles. The molecule has 0 spiro atoms. The van der Waals surface area contributed by atoms with Crippen molar-refractivity contribution in [1.82, 2.24) is 15.0 Å². The second-order valence-electron chi connectivity index (χ2n) is 2.99. The van der Waals surface area contributed by atoms with Gasteiger partial charge in [-0.25, -0.2) is 4.98 Å². The Morgan fingerprint density at radius 3 is 3.21 bits per heavy atom. The maximum absolute atomic E-state index is 5.38. The van der Waals surface area contributed by atoms with E-state index in [0.717, 1.165) is 16.7 Å². The largest absolute Gasteiger partial charge is 0.472 e. The lowest BCUT2D eigenvalue weighted by atomic mass is 10.4. The summed E-state index contributed by atoms with van der Waals surface area (Å²) in [5, 5.41) is 0. The second kappa shape index (κ2) is 3.49. The first-order valence-electron chi connectivity index (χ1n) is 4.35. The van der Waals surface area contributed by atoms with Crippen molar-refractivity contribution in [1.29, 1.82) is 0 Å². The SMILES string of the molecule is C=CCOc1ncnc2cc(C)[nH]c12. The van der Waals surface area contributed by atoms with E-state index < -0.39 is 0 Å². The molecule has 0 amide bonds. The summed E-state index contributed by atoms with van der Waals surface area (Å²) in [5.41, 5.74) is 2.76. The van der Waals surface area contributed by atoms with E-state index in [4.69, 9.17) is 4.74 Å². The van der Waals surface area contributed by atoms with Crippen molar-refractivity contribution in [2.75, 3.05) is 6.61 Å². The number of H-pyrrole nitrogens is 1. The summed E-state index contributed by atoms with van der Waals surface area (Å²) in [5.74, 6) is 0.572. The number of hydrogen-bond acceptors (Lipinski definition) is 3. The first kappa shape index (κ1) is 8.74. The molecule has 0 aromatic carbocycles. The summed E-state index contributed by atoms with van der Waals surface area (Å²) in [4.78, 5) is 11.3. The third-order valence-corrected chi connectivity index (χ3v) is 1.86. The number of aromatic nitrogens is 3. The minimum absolute atomic E-state index is 0.449. The molecule has 0 saturated carbocycles. The quantitative estimate of drug-likeness (QED) is 0.749. The first-order chi connectivity index (χ1) is 6.81. The van der Waals surface area contributed by atoms with Crippen LogP contribution in [-0.4, -0.2) is 21.6 Å². The van der Waals surface area contributed by atoms with Gasteiger partial charge in [0.2, 0.25) is 5.88 Å². The van der Waals surface area contributed by atoms with Crippen LogP contribution >= 0.6 is 0 Å². The lowest BCUT2D eigenvalue weighted by Crippen LogP contribution is -1.96. The fourth-order valence-electron chi connectivity index (χ4n) is 1.29. The highest BCUT2D eigenvalue weighted by Gasteiger charge is 2.06. The van der Waals surface area contributed by atoms with Crippen molar-refractivity contribution in [2.24, 2.45) is 0 Å². The summed E-state index contributed by atoms with van der Waals surface area (Å²) < 4.78 is 5.38. The standard InChI is InChI=1S/C10H11N3O/c1-3-4-14-10-9-8(11-6-12-10)5-7(2)13-9/h3,5-6,13H,1,4H2,2H3. The molecule has 1 N–H and O–H groups in total. The fraction of sp³-hybridized carbons (Fsp3) is 0.200. The van der Waals surface area contributed by atoms with Crippen molar-refractivity contribution in [3.63, 3.8) is 0 Å². The maximum Gasteiger partial charge on any atom is 0.241 e. The molecule has 0 radical (unpaired) electrons. The highest BCUT2D eigenvalue weighted by molar-refractivity contribution is 5.80. The summed E-state index contributed by atoms with van der Waals surface area (Å²) in [6.45, 7) is 6.00. The van der Waals surface area contributed by atoms with Gasteiger partial charge in [0.15, 0.2) is 0 Å². The number of aromatic amines is 1. The van der Waals surface area contributed by atoms with Gasteiger partial charge in [-0.05, 0) is 13.0 Å². The van der Waals surface area contributed by atoms with E-state index in [1.54, 1.807) is 6.08 Å². The molecule has 2 rings (SSSR count). The van der Waals surface area contributed by atoms with E-state index in [9.17, 15) is 0 Å². The van der Waals surface area contributed by atoms with Crippen LogP contribution in [0.15, 0.2) is 25.0 Å². The number of aryl methyl sites for hydroxylation is 1. The summed E-state index contributed by atoms with van der Waals surface area (Å²) in [6, 6.07) is 1.96. The molecule has 0 saturated heterocycles. The molecule has 0 aliphatic rings. The number of fused-ring (bicyclic) bond motifs is 1. The van der Waals surface area contributed by atoms with Crippen molar-refractivity contribution < 1.29 is 4.74 Å². The number of ether oxygens (including phenoxy) is 1. The van der Waals surface area contributed by atoms with E-state index in [0.29, 0.717) is 12.5 Å². The molecule has 0 aliphatic heterocycles. The predicted molar refractivity (Wildman–Crippen MR) is 54.3 cm³/mol. The monoisotopic (exact) mass is 189 g/mol. The fourth-order valence-corrected chi connectivity index (χ4v) is 1.29. The molecule has 2 heterocycles. The van der Waals surface area contributed by atoms with E-state index in [1.165, 1.54) is 6.33 Å². The lowest BCUT2D eigenvalue weighted by Gasteiger charge is -2.01. The molecule has 2 aromatic heterocycles. The Labute approximate surface area is 81.6 Å². The van der Waals surface area contributed by atoms with E-state index in [1.807, 2.05) is 13.0 Å². The molecule has 4 nitrogen and oxygen atoms in total. The zero-order valence-electron chi connectivity index (χ0n) is 7.95. The zero-order chi connectivity index (χ0) is 9.97. The minimum Gasteiger partial charge on any atom is -0.472 e. The van der Waals surface area contributed by atoms with Crippen LogP contribution in [0.5, 0.6) is 5.88 Å². The third-order valence-electron chi connectivity index (χ3n) is 1.86. The van der Waals surface area contributed by atoms with Gasteiger partial charge in [0.05, 0.1) is 5.52 Å². The Morgan fingerprint density at radius 1 is 1.57 bits per heavy atom. The Bertz CT molecular complexity index is 461. The number of nitrogens with zero attached hydrogens (tertiary/aromatic N) is 2. The third kappa shape index (κ3) is 1.46. The van der Waals surface area contributed by atoms with Crippen molar-refractivity contribution in [3.05, 3.63) is 30.7 Å². The molecule has 0 fully saturated rings. The topological polar surface area (TPSA) is 50.8 Å². The predicted octanol–water partition coefficient (Wildman–Crippen LogP) is 1.83. The van der Waals surface area contributed by atoms with Gasteiger partial charge < -0.3 is 9.72 Å². The van der Waals surface area contributed by atoms with Crippen LogP contribution in [0.2, 0.25) is 0 Å². The lowest BCUT2D eigenvalue weighted by molar-refractivity contribution is 0.352. The van der Waals surface area contributed by atoms with E-state index in [2.05, 4.69) is 21.5 Å². The van der Waals surface area contributed by atoms with Crippen molar-refractivity contribution in [3.8, 4) is 5.88 Å². The molecular formula is C10H11N3O. The Hall–Kier alpha value is -1.84. The molecular weight excluding hydrogens is 178 g/mol. The second-order valence-corrected chi connectivity index (χ2v) is 2.99. The molecule has 0 bridgehead atoms. The van der Waals surface area contributed by atoms with Crippen LogP contribution in [0.3, 0.4) is 0 Å². The van der Waals surface area contributed by atoms with Gasteiger partial charge in [-0.15, -0.1) is 0 Å². The average molecular weight is 189 g/mol. The Balaban J connectivity index is 2.47. The summed E-state index contributed by atoms with van der Waals surface area (Å²) in [6.07, 6.45) is 3.18. The molecule has 2 aromatic rings. The van der Waals surface area contributed by atoms with Gasteiger partial charge in [0.1, 0.15) is 18.5 Å². The van der Waals surface area contributed by atoms with E-state index >= 15 is 0 Å². The van der Waals surface area contributed by atoms with Crippen LogP contribution < -0.4 is 4.74 Å². The minimum atomic E-state index is 0.449. The first-order valence-corrected chi connectivity index (χ1v) is 4.35. The summed E-state index contributed by atoms with van der Waals surface area (Å²) in [7, 11) is 0. The van der Waals surface area contributed by atoms with Crippen LogP contribution in [0, 0.1) is 6.92 Å². The number of rotatable bonds is 3. The van der Waals surface area contributed by atoms with E-state index in [-0.39, 0.29) is 0 Å². The van der Waals surface area contributed by atoms with Crippen LogP contribution in [-0.2, 0) is 0 Å². The van der Waals surface area contributed by atoms with Gasteiger partial charge in [-0.1, -0.05) is 12.7 Å².